The van der Waals surface area contributed by atoms with E-state index in [0.717, 1.165) is 0 Å². The second-order valence-corrected chi connectivity index (χ2v) is 4.32. The van der Waals surface area contributed by atoms with E-state index in [2.05, 4.69) is 22.6 Å². The number of hydrogen-bond donors (Lipinski definition) is 2. The number of halogens is 3. The van der Waals surface area contributed by atoms with Gasteiger partial charge in [-0.2, -0.15) is 13.2 Å². The molecule has 0 spiro atoms. The maximum atomic E-state index is 13.2. The van der Waals surface area contributed by atoms with Crippen LogP contribution in [-0.4, -0.2) is 23.3 Å². The summed E-state index contributed by atoms with van der Waals surface area (Å²) in [5.74, 6) is -1.28. The average Bonchev–Trinajstić information content (AvgIpc) is 2.75. The zero-order valence-corrected chi connectivity index (χ0v) is 10.8. The fraction of sp³-hybridized carbons (Fsp3) is 0.250. The topological polar surface area (TPSA) is 37.9 Å². The molecule has 0 saturated carbocycles. The Morgan fingerprint density at radius 1 is 1.26 bits per heavy atom. The van der Waals surface area contributed by atoms with Gasteiger partial charge in [0.05, 0.1) is 12.8 Å². The molecule has 19 heavy (non-hydrogen) atoms. The molecule has 1 heterocycles. The van der Waals surface area contributed by atoms with Crippen molar-refractivity contribution < 1.29 is 17.9 Å². The Morgan fingerprint density at radius 3 is 2.32 bits per heavy atom. The van der Waals surface area contributed by atoms with E-state index < -0.39 is 12.1 Å². The van der Waals surface area contributed by atoms with Crippen LogP contribution >= 0.6 is 12.6 Å². The lowest BCUT2D eigenvalue weighted by molar-refractivity contribution is -0.141. The predicted molar refractivity (Wildman–Crippen MR) is 66.7 cm³/mol. The number of methoxy groups -OCH3 is 1. The van der Waals surface area contributed by atoms with Crippen LogP contribution in [0.25, 0.3) is 0 Å². The molecule has 0 amide bonds. The third-order valence-corrected chi connectivity index (χ3v) is 2.89. The number of alkyl halides is 3. The van der Waals surface area contributed by atoms with E-state index in [9.17, 15) is 13.2 Å². The Kier molecular flexibility index (Phi) is 3.75. The highest BCUT2D eigenvalue weighted by Crippen LogP contribution is 2.39. The summed E-state index contributed by atoms with van der Waals surface area (Å²) < 4.78 is 44.4. The van der Waals surface area contributed by atoms with Crippen molar-refractivity contribution in [3.05, 3.63) is 41.7 Å². The van der Waals surface area contributed by atoms with Gasteiger partial charge in [0.25, 0.3) is 0 Å². The van der Waals surface area contributed by atoms with Gasteiger partial charge in [-0.15, -0.1) is 12.6 Å². The molecule has 1 aromatic carbocycles. The van der Waals surface area contributed by atoms with Crippen molar-refractivity contribution in [3.63, 3.8) is 0 Å². The number of rotatable bonds is 3. The number of nitrogens with one attached hydrogen (secondary N) is 1. The van der Waals surface area contributed by atoms with Crippen molar-refractivity contribution in [1.29, 1.82) is 0 Å². The fourth-order valence-corrected chi connectivity index (χ4v) is 1.98. The van der Waals surface area contributed by atoms with Crippen LogP contribution in [0.1, 0.15) is 17.2 Å². The van der Waals surface area contributed by atoms with Gasteiger partial charge in [0.2, 0.25) is 0 Å². The highest BCUT2D eigenvalue weighted by atomic mass is 32.1. The first kappa shape index (κ1) is 13.8. The lowest BCUT2D eigenvalue weighted by Crippen LogP contribution is -2.22. The number of hydrogen-bond acceptors (Lipinski definition) is 3. The van der Waals surface area contributed by atoms with Gasteiger partial charge >= 0.3 is 6.18 Å². The van der Waals surface area contributed by atoms with Gasteiger partial charge in [-0.3, -0.25) is 0 Å². The summed E-state index contributed by atoms with van der Waals surface area (Å²) in [6.45, 7) is 0. The number of thiol groups is 1. The van der Waals surface area contributed by atoms with Crippen molar-refractivity contribution in [2.75, 3.05) is 7.11 Å². The summed E-state index contributed by atoms with van der Waals surface area (Å²) in [6, 6.07) is 5.73. The normalized spacial score (nSPS) is 13.3. The minimum absolute atomic E-state index is 0.105. The van der Waals surface area contributed by atoms with Gasteiger partial charge in [-0.1, -0.05) is 12.1 Å². The molecule has 2 rings (SSSR count). The summed E-state index contributed by atoms with van der Waals surface area (Å²) >= 11 is 3.89. The van der Waals surface area contributed by atoms with Gasteiger partial charge in [-0.05, 0) is 17.7 Å². The zero-order valence-electron chi connectivity index (χ0n) is 9.90. The Morgan fingerprint density at radius 2 is 1.89 bits per heavy atom. The summed E-state index contributed by atoms with van der Waals surface area (Å²) in [7, 11) is 1.46. The van der Waals surface area contributed by atoms with Crippen molar-refractivity contribution in [2.24, 2.45) is 0 Å². The first-order chi connectivity index (χ1) is 8.91. The van der Waals surface area contributed by atoms with Crippen LogP contribution in [0.2, 0.25) is 0 Å². The molecular formula is C12H11F3N2OS. The highest BCUT2D eigenvalue weighted by Gasteiger charge is 2.43. The van der Waals surface area contributed by atoms with Crippen LogP contribution in [0.3, 0.4) is 0 Å². The van der Waals surface area contributed by atoms with Gasteiger partial charge in [0, 0.05) is 6.20 Å². The van der Waals surface area contributed by atoms with Crippen LogP contribution in [0.4, 0.5) is 13.2 Å². The van der Waals surface area contributed by atoms with Crippen LogP contribution in [0.5, 0.6) is 5.75 Å². The van der Waals surface area contributed by atoms with Crippen LogP contribution in [-0.2, 0) is 0 Å². The maximum absolute atomic E-state index is 13.2. The molecule has 0 radical (unpaired) electrons. The maximum Gasteiger partial charge on any atom is 0.401 e. The molecule has 7 heteroatoms. The number of aromatic nitrogens is 2. The predicted octanol–water partition coefficient (Wildman–Crippen LogP) is 3.40. The van der Waals surface area contributed by atoms with E-state index in [1.807, 2.05) is 0 Å². The molecule has 1 aromatic heterocycles. The molecule has 1 unspecified atom stereocenters. The van der Waals surface area contributed by atoms with E-state index in [1.54, 1.807) is 0 Å². The molecule has 3 nitrogen and oxygen atoms in total. The molecule has 0 aliphatic carbocycles. The van der Waals surface area contributed by atoms with Gasteiger partial charge < -0.3 is 9.72 Å². The highest BCUT2D eigenvalue weighted by molar-refractivity contribution is 7.80. The van der Waals surface area contributed by atoms with Crippen molar-refractivity contribution in [1.82, 2.24) is 9.97 Å². The Hall–Kier alpha value is -1.63. The molecule has 0 aliphatic heterocycles. The van der Waals surface area contributed by atoms with E-state index in [4.69, 9.17) is 4.74 Å². The molecule has 0 fully saturated rings. The quantitative estimate of drug-likeness (QED) is 0.849. The van der Waals surface area contributed by atoms with E-state index in [1.165, 1.54) is 37.6 Å². The first-order valence-electron chi connectivity index (χ1n) is 5.36. The minimum Gasteiger partial charge on any atom is -0.497 e. The SMILES string of the molecule is COc1ccc(C(c2c[nH]c(S)n2)C(F)(F)F)cc1. The standard InChI is InChI=1S/C12H11F3N2OS/c1-18-8-4-2-7(3-5-8)10(12(13,14)15)9-6-16-11(19)17-9/h2-6,10H,1H3,(H2,16,17,19). The lowest BCUT2D eigenvalue weighted by Gasteiger charge is -2.19. The lowest BCUT2D eigenvalue weighted by atomic mass is 9.95. The monoisotopic (exact) mass is 288 g/mol. The molecule has 102 valence electrons. The van der Waals surface area contributed by atoms with Gasteiger partial charge in [0.15, 0.2) is 5.16 Å². The van der Waals surface area contributed by atoms with E-state index >= 15 is 0 Å². The molecule has 2 aromatic rings. The molecular weight excluding hydrogens is 277 g/mol. The molecule has 1 atom stereocenters. The zero-order chi connectivity index (χ0) is 14.0. The number of H-pyrrole nitrogens is 1. The summed E-state index contributed by atoms with van der Waals surface area (Å²) in [4.78, 5) is 6.30. The average molecular weight is 288 g/mol. The van der Waals surface area contributed by atoms with Gasteiger partial charge in [-0.25, -0.2) is 4.98 Å². The molecule has 0 aliphatic rings. The number of nitrogens with zero attached hydrogens (tertiary/aromatic N) is 1. The second-order valence-electron chi connectivity index (χ2n) is 3.90. The first-order valence-corrected chi connectivity index (χ1v) is 5.81. The Balaban J connectivity index is 2.43. The third kappa shape index (κ3) is 3.04. The fourth-order valence-electron chi connectivity index (χ4n) is 1.80. The van der Waals surface area contributed by atoms with Crippen molar-refractivity contribution in [2.45, 2.75) is 17.3 Å². The van der Waals surface area contributed by atoms with Crippen LogP contribution < -0.4 is 4.74 Å². The van der Waals surface area contributed by atoms with Crippen LogP contribution in [0.15, 0.2) is 35.6 Å². The van der Waals surface area contributed by atoms with Crippen molar-refractivity contribution >= 4 is 12.6 Å². The Labute approximate surface area is 113 Å². The van der Waals surface area contributed by atoms with E-state index in [0.29, 0.717) is 5.75 Å². The largest absolute Gasteiger partial charge is 0.497 e. The van der Waals surface area contributed by atoms with E-state index in [-0.39, 0.29) is 16.4 Å². The van der Waals surface area contributed by atoms with Crippen molar-refractivity contribution in [3.8, 4) is 5.75 Å². The second kappa shape index (κ2) is 5.16. The minimum atomic E-state index is -4.43. The third-order valence-electron chi connectivity index (χ3n) is 2.66. The smallest absolute Gasteiger partial charge is 0.401 e. The Bertz CT molecular complexity index is 551. The number of imidazole rings is 1. The van der Waals surface area contributed by atoms with Crippen LogP contribution in [0, 0.1) is 0 Å². The summed E-state index contributed by atoms with van der Waals surface area (Å²) in [5.41, 5.74) is -0.00389. The molecule has 1 N–H and O–H groups in total. The number of aromatic amines is 1. The summed E-state index contributed by atoms with van der Waals surface area (Å²) in [5, 5.41) is 0.151. The molecule has 0 saturated heterocycles. The number of ether oxygens (including phenoxy) is 1. The summed E-state index contributed by atoms with van der Waals surface area (Å²) in [6.07, 6.45) is -3.21. The van der Waals surface area contributed by atoms with Gasteiger partial charge in [0.1, 0.15) is 11.7 Å². The molecule has 0 bridgehead atoms. The number of benzene rings is 1.